The zero-order chi connectivity index (χ0) is 21.8. The van der Waals surface area contributed by atoms with E-state index in [1.807, 2.05) is 61.5 Å². The van der Waals surface area contributed by atoms with E-state index >= 15 is 0 Å². The van der Waals surface area contributed by atoms with Crippen molar-refractivity contribution in [1.29, 1.82) is 0 Å². The van der Waals surface area contributed by atoms with E-state index in [1.54, 1.807) is 43.3 Å². The highest BCUT2D eigenvalue weighted by Crippen LogP contribution is 2.31. The minimum Gasteiger partial charge on any atom is -0.497 e. The SMILES string of the molecule is COc1ccc(OC)c(NC(=O)c2cn(-c3ccccc3)nc2-c2ccccc2C)c1. The van der Waals surface area contributed by atoms with Crippen molar-refractivity contribution < 1.29 is 14.3 Å². The molecule has 0 bridgehead atoms. The fourth-order valence-electron chi connectivity index (χ4n) is 3.39. The van der Waals surface area contributed by atoms with Crippen LogP contribution in [-0.2, 0) is 0 Å². The van der Waals surface area contributed by atoms with Crippen molar-refractivity contribution in [2.75, 3.05) is 19.5 Å². The van der Waals surface area contributed by atoms with Gasteiger partial charge in [0.1, 0.15) is 17.2 Å². The average molecular weight is 413 g/mol. The van der Waals surface area contributed by atoms with E-state index in [9.17, 15) is 4.79 Å². The summed E-state index contributed by atoms with van der Waals surface area (Å²) in [5, 5.41) is 7.70. The van der Waals surface area contributed by atoms with Gasteiger partial charge in [-0.05, 0) is 36.8 Å². The standard InChI is InChI=1S/C25H23N3O3/c1-17-9-7-8-12-20(17)24-21(16-28(27-24)18-10-5-4-6-11-18)25(29)26-22-15-19(30-2)13-14-23(22)31-3/h4-16H,1-3H3,(H,26,29). The lowest BCUT2D eigenvalue weighted by molar-refractivity contribution is 0.102. The van der Waals surface area contributed by atoms with Crippen LogP contribution in [0.5, 0.6) is 11.5 Å². The van der Waals surface area contributed by atoms with E-state index < -0.39 is 0 Å². The van der Waals surface area contributed by atoms with Gasteiger partial charge < -0.3 is 14.8 Å². The predicted octanol–water partition coefficient (Wildman–Crippen LogP) is 5.12. The van der Waals surface area contributed by atoms with Crippen LogP contribution in [0.3, 0.4) is 0 Å². The van der Waals surface area contributed by atoms with Crippen LogP contribution in [0.2, 0.25) is 0 Å². The van der Waals surface area contributed by atoms with Crippen molar-refractivity contribution in [1.82, 2.24) is 9.78 Å². The summed E-state index contributed by atoms with van der Waals surface area (Å²) < 4.78 is 12.4. The first-order chi connectivity index (χ1) is 15.1. The molecule has 0 aliphatic carbocycles. The van der Waals surface area contributed by atoms with Gasteiger partial charge in [0.05, 0.1) is 31.2 Å². The van der Waals surface area contributed by atoms with Crippen LogP contribution < -0.4 is 14.8 Å². The number of ether oxygens (including phenoxy) is 2. The minimum absolute atomic E-state index is 0.285. The number of hydrogen-bond donors (Lipinski definition) is 1. The Bertz CT molecular complexity index is 1220. The molecule has 1 aromatic heterocycles. The average Bonchev–Trinajstić information content (AvgIpc) is 3.25. The van der Waals surface area contributed by atoms with Crippen LogP contribution >= 0.6 is 0 Å². The summed E-state index contributed by atoms with van der Waals surface area (Å²) in [7, 11) is 3.14. The van der Waals surface area contributed by atoms with E-state index in [1.165, 1.54) is 0 Å². The summed E-state index contributed by atoms with van der Waals surface area (Å²) in [5.74, 6) is 0.879. The fourth-order valence-corrected chi connectivity index (χ4v) is 3.39. The number of para-hydroxylation sites is 1. The highest BCUT2D eigenvalue weighted by Gasteiger charge is 2.21. The lowest BCUT2D eigenvalue weighted by atomic mass is 10.0. The van der Waals surface area contributed by atoms with E-state index in [0.29, 0.717) is 28.4 Å². The third-order valence-electron chi connectivity index (χ3n) is 5.03. The first kappa shape index (κ1) is 20.2. The molecule has 4 rings (SSSR count). The van der Waals surface area contributed by atoms with Crippen LogP contribution in [0.1, 0.15) is 15.9 Å². The number of anilines is 1. The summed E-state index contributed by atoms with van der Waals surface area (Å²) in [6.45, 7) is 2.00. The van der Waals surface area contributed by atoms with Crippen molar-refractivity contribution in [3.05, 3.63) is 90.1 Å². The number of nitrogens with zero attached hydrogens (tertiary/aromatic N) is 2. The molecule has 31 heavy (non-hydrogen) atoms. The summed E-state index contributed by atoms with van der Waals surface area (Å²) in [6, 6.07) is 22.8. The summed E-state index contributed by atoms with van der Waals surface area (Å²) in [4.78, 5) is 13.4. The molecule has 0 aliphatic heterocycles. The van der Waals surface area contributed by atoms with Crippen LogP contribution in [0.4, 0.5) is 5.69 Å². The van der Waals surface area contributed by atoms with E-state index in [2.05, 4.69) is 5.32 Å². The van der Waals surface area contributed by atoms with Gasteiger partial charge in [0, 0.05) is 17.8 Å². The number of carbonyl (C=O) groups excluding carboxylic acids is 1. The van der Waals surface area contributed by atoms with Gasteiger partial charge in [0.15, 0.2) is 0 Å². The van der Waals surface area contributed by atoms with E-state index in [-0.39, 0.29) is 5.91 Å². The van der Waals surface area contributed by atoms with Crippen LogP contribution in [-0.4, -0.2) is 29.9 Å². The molecule has 6 heteroatoms. The third-order valence-corrected chi connectivity index (χ3v) is 5.03. The normalized spacial score (nSPS) is 10.5. The predicted molar refractivity (Wildman–Crippen MR) is 121 cm³/mol. The second-order valence-electron chi connectivity index (χ2n) is 7.01. The Morgan fingerprint density at radius 1 is 0.935 bits per heavy atom. The minimum atomic E-state index is -0.285. The second-order valence-corrected chi connectivity index (χ2v) is 7.01. The summed E-state index contributed by atoms with van der Waals surface area (Å²) in [5.41, 5.74) is 4.41. The zero-order valence-electron chi connectivity index (χ0n) is 17.6. The van der Waals surface area contributed by atoms with E-state index in [4.69, 9.17) is 14.6 Å². The Balaban J connectivity index is 1.79. The molecule has 0 atom stereocenters. The first-order valence-corrected chi connectivity index (χ1v) is 9.85. The van der Waals surface area contributed by atoms with Gasteiger partial charge in [-0.25, -0.2) is 4.68 Å². The second kappa shape index (κ2) is 8.75. The number of amides is 1. The Morgan fingerprint density at radius 3 is 2.39 bits per heavy atom. The van der Waals surface area contributed by atoms with Crippen molar-refractivity contribution in [2.45, 2.75) is 6.92 Å². The molecule has 0 unspecified atom stereocenters. The fraction of sp³-hybridized carbons (Fsp3) is 0.120. The molecule has 1 amide bonds. The topological polar surface area (TPSA) is 65.4 Å². The number of aryl methyl sites for hydroxylation is 1. The highest BCUT2D eigenvalue weighted by molar-refractivity contribution is 6.09. The summed E-state index contributed by atoms with van der Waals surface area (Å²) >= 11 is 0. The molecule has 1 heterocycles. The molecule has 156 valence electrons. The van der Waals surface area contributed by atoms with Crippen LogP contribution in [0, 0.1) is 6.92 Å². The first-order valence-electron chi connectivity index (χ1n) is 9.85. The smallest absolute Gasteiger partial charge is 0.259 e. The van der Waals surface area contributed by atoms with Crippen LogP contribution in [0.25, 0.3) is 16.9 Å². The molecule has 0 aliphatic rings. The Labute approximate surface area is 181 Å². The van der Waals surface area contributed by atoms with E-state index in [0.717, 1.165) is 16.8 Å². The van der Waals surface area contributed by atoms with Gasteiger partial charge in [0.25, 0.3) is 5.91 Å². The van der Waals surface area contributed by atoms with Gasteiger partial charge >= 0.3 is 0 Å². The lowest BCUT2D eigenvalue weighted by Crippen LogP contribution is -2.13. The molecule has 3 aromatic carbocycles. The van der Waals surface area contributed by atoms with Gasteiger partial charge in [-0.1, -0.05) is 42.5 Å². The molecular weight excluding hydrogens is 390 g/mol. The maximum absolute atomic E-state index is 13.4. The molecule has 0 spiro atoms. The Hall–Kier alpha value is -4.06. The molecule has 0 radical (unpaired) electrons. The number of aromatic nitrogens is 2. The van der Waals surface area contributed by atoms with Crippen molar-refractivity contribution in [3.63, 3.8) is 0 Å². The zero-order valence-corrected chi connectivity index (χ0v) is 17.6. The molecular formula is C25H23N3O3. The van der Waals surface area contributed by atoms with Crippen molar-refractivity contribution >= 4 is 11.6 Å². The molecule has 0 saturated carbocycles. The van der Waals surface area contributed by atoms with Crippen LogP contribution in [0.15, 0.2) is 79.0 Å². The van der Waals surface area contributed by atoms with Gasteiger partial charge in [-0.3, -0.25) is 4.79 Å². The monoisotopic (exact) mass is 413 g/mol. The number of rotatable bonds is 6. The largest absolute Gasteiger partial charge is 0.497 e. The Kier molecular flexibility index (Phi) is 5.71. The molecule has 4 aromatic rings. The lowest BCUT2D eigenvalue weighted by Gasteiger charge is -2.12. The highest BCUT2D eigenvalue weighted by atomic mass is 16.5. The van der Waals surface area contributed by atoms with Crippen molar-refractivity contribution in [3.8, 4) is 28.4 Å². The molecule has 0 saturated heterocycles. The quantitative estimate of drug-likeness (QED) is 0.477. The maximum Gasteiger partial charge on any atom is 0.259 e. The van der Waals surface area contributed by atoms with Gasteiger partial charge in [0.2, 0.25) is 0 Å². The Morgan fingerprint density at radius 2 is 1.68 bits per heavy atom. The molecule has 0 fully saturated rings. The van der Waals surface area contributed by atoms with Gasteiger partial charge in [-0.2, -0.15) is 5.10 Å². The number of benzene rings is 3. The molecule has 6 nitrogen and oxygen atoms in total. The maximum atomic E-state index is 13.4. The number of carbonyl (C=O) groups is 1. The molecule has 1 N–H and O–H groups in total. The summed E-state index contributed by atoms with van der Waals surface area (Å²) in [6.07, 6.45) is 1.75. The van der Waals surface area contributed by atoms with Gasteiger partial charge in [-0.15, -0.1) is 0 Å². The van der Waals surface area contributed by atoms with Crippen molar-refractivity contribution in [2.24, 2.45) is 0 Å². The number of nitrogens with one attached hydrogen (secondary N) is 1. The third kappa shape index (κ3) is 4.14. The number of methoxy groups -OCH3 is 2. The number of hydrogen-bond acceptors (Lipinski definition) is 4.